The Morgan fingerprint density at radius 2 is 2.07 bits per heavy atom. The number of aliphatic hydroxyl groups excluding tert-OH is 1. The fourth-order valence-corrected chi connectivity index (χ4v) is 3.62. The molecule has 1 aliphatic carbocycles. The molecule has 0 aliphatic heterocycles. The third-order valence-corrected chi connectivity index (χ3v) is 4.88. The first-order valence-corrected chi connectivity index (χ1v) is 9.92. The first kappa shape index (κ1) is 19.8. The molecule has 1 heterocycles. The van der Waals surface area contributed by atoms with Crippen molar-refractivity contribution < 1.29 is 14.4 Å². The van der Waals surface area contributed by atoms with E-state index >= 15 is 0 Å². The molecule has 0 unspecified atom stereocenters. The van der Waals surface area contributed by atoms with Crippen molar-refractivity contribution in [1.82, 2.24) is 10.1 Å². The van der Waals surface area contributed by atoms with E-state index in [1.807, 2.05) is 38.1 Å². The van der Waals surface area contributed by atoms with Crippen LogP contribution in [0.4, 0.5) is 0 Å². The van der Waals surface area contributed by atoms with Gasteiger partial charge < -0.3 is 14.4 Å². The average molecular weight is 402 g/mol. The minimum absolute atomic E-state index is 0.0241. The summed E-state index contributed by atoms with van der Waals surface area (Å²) in [6, 6.07) is 13.4. The number of rotatable bonds is 6. The molecule has 2 aromatic carbocycles. The van der Waals surface area contributed by atoms with Gasteiger partial charge in [0.05, 0.1) is 24.8 Å². The van der Waals surface area contributed by atoms with E-state index < -0.39 is 0 Å². The normalized spacial score (nSPS) is 14.2. The number of nitriles is 1. The van der Waals surface area contributed by atoms with Gasteiger partial charge in [-0.15, -0.1) is 0 Å². The summed E-state index contributed by atoms with van der Waals surface area (Å²) in [5.74, 6) is 1.39. The Labute approximate surface area is 174 Å². The first-order valence-electron chi connectivity index (χ1n) is 9.92. The highest BCUT2D eigenvalue weighted by molar-refractivity contribution is 6.06. The molecule has 1 aromatic heterocycles. The van der Waals surface area contributed by atoms with Gasteiger partial charge in [-0.1, -0.05) is 23.4 Å². The molecule has 0 spiro atoms. The molecule has 7 nitrogen and oxygen atoms in total. The standard InChI is InChI=1S/C23H22N4O3/c1-14(2)29-21-9-6-15(12-16(21)13-24)23-26-22(27-30-23)19-5-3-4-18-17(19)7-8-20(18)25-10-11-28/h3-6,9,12,14,28H,7-8,10-11H2,1-2H3/b25-20-. The largest absolute Gasteiger partial charge is 0.490 e. The van der Waals surface area contributed by atoms with E-state index in [0.29, 0.717) is 35.1 Å². The Hall–Kier alpha value is -3.50. The van der Waals surface area contributed by atoms with Crippen LogP contribution in [0.25, 0.3) is 22.8 Å². The van der Waals surface area contributed by atoms with Crippen molar-refractivity contribution in [2.24, 2.45) is 4.99 Å². The molecular weight excluding hydrogens is 380 g/mol. The summed E-state index contributed by atoms with van der Waals surface area (Å²) in [6.45, 7) is 4.27. The van der Waals surface area contributed by atoms with Crippen molar-refractivity contribution in [2.45, 2.75) is 32.8 Å². The molecular formula is C23H22N4O3. The van der Waals surface area contributed by atoms with Crippen molar-refractivity contribution in [3.63, 3.8) is 0 Å². The van der Waals surface area contributed by atoms with Crippen molar-refractivity contribution in [3.8, 4) is 34.7 Å². The van der Waals surface area contributed by atoms with Crippen molar-refractivity contribution >= 4 is 5.71 Å². The molecule has 3 aromatic rings. The van der Waals surface area contributed by atoms with Crippen LogP contribution in [0, 0.1) is 11.3 Å². The van der Waals surface area contributed by atoms with Crippen molar-refractivity contribution in [2.75, 3.05) is 13.2 Å². The van der Waals surface area contributed by atoms with Crippen LogP contribution < -0.4 is 4.74 Å². The number of ether oxygens (including phenoxy) is 1. The lowest BCUT2D eigenvalue weighted by Crippen LogP contribution is -2.06. The summed E-state index contributed by atoms with van der Waals surface area (Å²) in [7, 11) is 0. The number of aromatic nitrogens is 2. The van der Waals surface area contributed by atoms with Crippen molar-refractivity contribution in [1.29, 1.82) is 5.26 Å². The number of aliphatic hydroxyl groups is 1. The predicted molar refractivity (Wildman–Crippen MR) is 112 cm³/mol. The van der Waals surface area contributed by atoms with Crippen LogP contribution in [0.3, 0.4) is 0 Å². The van der Waals surface area contributed by atoms with Gasteiger partial charge in [0.1, 0.15) is 11.8 Å². The molecule has 1 N–H and O–H groups in total. The fourth-order valence-electron chi connectivity index (χ4n) is 3.62. The van der Waals surface area contributed by atoms with E-state index in [4.69, 9.17) is 14.4 Å². The average Bonchev–Trinajstić information content (AvgIpc) is 3.39. The Bertz CT molecular complexity index is 1140. The molecule has 0 amide bonds. The zero-order chi connectivity index (χ0) is 21.1. The van der Waals surface area contributed by atoms with Gasteiger partial charge in [-0.25, -0.2) is 0 Å². The fraction of sp³-hybridized carbons (Fsp3) is 0.304. The number of benzene rings is 2. The van der Waals surface area contributed by atoms with E-state index in [2.05, 4.69) is 21.2 Å². The summed E-state index contributed by atoms with van der Waals surface area (Å²) in [6.07, 6.45) is 1.66. The number of hydrogen-bond acceptors (Lipinski definition) is 7. The Morgan fingerprint density at radius 3 is 2.83 bits per heavy atom. The molecule has 1 aliphatic rings. The number of fused-ring (bicyclic) bond motifs is 1. The quantitative estimate of drug-likeness (QED) is 0.673. The molecule has 7 heteroatoms. The van der Waals surface area contributed by atoms with Gasteiger partial charge in [-0.05, 0) is 56.0 Å². The van der Waals surface area contributed by atoms with Crippen LogP contribution in [-0.2, 0) is 6.42 Å². The molecule has 30 heavy (non-hydrogen) atoms. The van der Waals surface area contributed by atoms with Crippen LogP contribution >= 0.6 is 0 Å². The Balaban J connectivity index is 1.67. The second kappa shape index (κ2) is 8.47. The lowest BCUT2D eigenvalue weighted by molar-refractivity contribution is 0.241. The summed E-state index contributed by atoms with van der Waals surface area (Å²) < 4.78 is 11.2. The maximum Gasteiger partial charge on any atom is 0.258 e. The molecule has 0 saturated carbocycles. The summed E-state index contributed by atoms with van der Waals surface area (Å²) in [5.41, 5.74) is 5.22. The molecule has 0 radical (unpaired) electrons. The Kier molecular flexibility index (Phi) is 5.59. The van der Waals surface area contributed by atoms with E-state index in [0.717, 1.165) is 35.2 Å². The molecule has 0 saturated heterocycles. The highest BCUT2D eigenvalue weighted by atomic mass is 16.5. The zero-order valence-electron chi connectivity index (χ0n) is 16.9. The van der Waals surface area contributed by atoms with Crippen LogP contribution in [0.15, 0.2) is 45.9 Å². The first-order chi connectivity index (χ1) is 14.6. The van der Waals surface area contributed by atoms with E-state index in [1.165, 1.54) is 0 Å². The maximum atomic E-state index is 9.45. The number of aliphatic imine (C=N–C) groups is 1. The van der Waals surface area contributed by atoms with E-state index in [1.54, 1.807) is 12.1 Å². The summed E-state index contributed by atoms with van der Waals surface area (Å²) in [4.78, 5) is 9.05. The van der Waals surface area contributed by atoms with Gasteiger partial charge in [-0.2, -0.15) is 10.2 Å². The lowest BCUT2D eigenvalue weighted by Gasteiger charge is -2.11. The molecule has 0 atom stereocenters. The van der Waals surface area contributed by atoms with Gasteiger partial charge in [0.25, 0.3) is 5.89 Å². The van der Waals surface area contributed by atoms with Crippen LogP contribution in [0.2, 0.25) is 0 Å². The third kappa shape index (κ3) is 3.82. The predicted octanol–water partition coefficient (Wildman–Crippen LogP) is 3.79. The third-order valence-electron chi connectivity index (χ3n) is 4.88. The van der Waals surface area contributed by atoms with Gasteiger partial charge in [-0.3, -0.25) is 4.99 Å². The van der Waals surface area contributed by atoms with Crippen LogP contribution in [0.1, 0.15) is 37.0 Å². The highest BCUT2D eigenvalue weighted by Gasteiger charge is 2.23. The minimum atomic E-state index is -0.0241. The molecule has 4 rings (SSSR count). The maximum absolute atomic E-state index is 9.45. The Morgan fingerprint density at radius 1 is 1.23 bits per heavy atom. The molecule has 0 fully saturated rings. The molecule has 152 valence electrons. The highest BCUT2D eigenvalue weighted by Crippen LogP contribution is 2.33. The van der Waals surface area contributed by atoms with E-state index in [-0.39, 0.29) is 12.7 Å². The van der Waals surface area contributed by atoms with E-state index in [9.17, 15) is 5.26 Å². The zero-order valence-corrected chi connectivity index (χ0v) is 16.9. The van der Waals surface area contributed by atoms with Gasteiger partial charge in [0.2, 0.25) is 5.82 Å². The van der Waals surface area contributed by atoms with Gasteiger partial charge in [0, 0.05) is 16.8 Å². The second-order valence-corrected chi connectivity index (χ2v) is 7.30. The van der Waals surface area contributed by atoms with Crippen LogP contribution in [0.5, 0.6) is 5.75 Å². The monoisotopic (exact) mass is 402 g/mol. The van der Waals surface area contributed by atoms with Crippen LogP contribution in [-0.4, -0.2) is 40.2 Å². The minimum Gasteiger partial charge on any atom is -0.490 e. The summed E-state index contributed by atoms with van der Waals surface area (Å²) >= 11 is 0. The smallest absolute Gasteiger partial charge is 0.258 e. The lowest BCUT2D eigenvalue weighted by atomic mass is 10.0. The SMILES string of the molecule is CC(C)Oc1ccc(-c2nc(-c3cccc4c3CC/C4=N/CCO)no2)cc1C#N. The molecule has 0 bridgehead atoms. The van der Waals surface area contributed by atoms with Gasteiger partial charge in [0.15, 0.2) is 0 Å². The summed E-state index contributed by atoms with van der Waals surface area (Å²) in [5, 5.41) is 22.7. The van der Waals surface area contributed by atoms with Gasteiger partial charge >= 0.3 is 0 Å². The second-order valence-electron chi connectivity index (χ2n) is 7.30. The number of nitrogens with zero attached hydrogens (tertiary/aromatic N) is 4. The topological polar surface area (TPSA) is 105 Å². The number of hydrogen-bond donors (Lipinski definition) is 1. The van der Waals surface area contributed by atoms with Crippen molar-refractivity contribution in [3.05, 3.63) is 53.1 Å².